The number of amides is 3. The van der Waals surface area contributed by atoms with Crippen LogP contribution in [0.1, 0.15) is 26.2 Å². The fourth-order valence-electron chi connectivity index (χ4n) is 3.40. The van der Waals surface area contributed by atoms with Gasteiger partial charge in [-0.2, -0.15) is 0 Å². The van der Waals surface area contributed by atoms with E-state index < -0.39 is 17.7 Å². The molecular weight excluding hydrogens is 524 g/mol. The Morgan fingerprint density at radius 2 is 1.35 bits per heavy atom. The van der Waals surface area contributed by atoms with Crippen LogP contribution in [0, 0.1) is 11.8 Å². The molecule has 2 unspecified atom stereocenters. The molecule has 230 valence electrons. The zero-order chi connectivity index (χ0) is 29.8. The van der Waals surface area contributed by atoms with Crippen LogP contribution in [-0.4, -0.2) is 115 Å². The Bertz CT molecular complexity index is 766. The van der Waals surface area contributed by atoms with E-state index in [2.05, 4.69) is 36.6 Å². The van der Waals surface area contributed by atoms with Gasteiger partial charge in [0.1, 0.15) is 5.78 Å². The van der Waals surface area contributed by atoms with E-state index >= 15 is 0 Å². The maximum absolute atomic E-state index is 12.8. The van der Waals surface area contributed by atoms with Gasteiger partial charge in [-0.1, -0.05) is 12.0 Å². The Morgan fingerprint density at radius 1 is 0.750 bits per heavy atom. The van der Waals surface area contributed by atoms with Crippen molar-refractivity contribution in [2.45, 2.75) is 26.2 Å². The van der Waals surface area contributed by atoms with Crippen LogP contribution in [-0.2, 0) is 28.7 Å². The second-order valence-corrected chi connectivity index (χ2v) is 8.94. The topological polar surface area (TPSA) is 248 Å². The fourth-order valence-corrected chi connectivity index (χ4v) is 3.40. The summed E-state index contributed by atoms with van der Waals surface area (Å²) in [5, 5.41) is 17.7. The van der Waals surface area contributed by atoms with Crippen LogP contribution in [0.25, 0.3) is 10.4 Å². The van der Waals surface area contributed by atoms with Gasteiger partial charge in [0.25, 0.3) is 0 Å². The highest BCUT2D eigenvalue weighted by atomic mass is 16.5. The van der Waals surface area contributed by atoms with E-state index in [1.54, 1.807) is 6.92 Å². The van der Waals surface area contributed by atoms with Crippen molar-refractivity contribution in [3.8, 4) is 0 Å². The van der Waals surface area contributed by atoms with Crippen molar-refractivity contribution in [2.75, 3.05) is 91.9 Å². The fraction of sp³-hybridized carbons (Fsp3) is 0.833. The van der Waals surface area contributed by atoms with Crippen LogP contribution in [0.15, 0.2) is 5.11 Å². The molecule has 40 heavy (non-hydrogen) atoms. The average molecular weight is 573 g/mol. The molecule has 0 aliphatic carbocycles. The molecule has 0 saturated heterocycles. The molecule has 2 atom stereocenters. The molecule has 0 spiro atoms. The summed E-state index contributed by atoms with van der Waals surface area (Å²) in [6, 6.07) is 0. The van der Waals surface area contributed by atoms with Crippen molar-refractivity contribution in [3.63, 3.8) is 0 Å². The largest absolute Gasteiger partial charge is 0.379 e. The van der Waals surface area contributed by atoms with E-state index in [0.29, 0.717) is 59.0 Å². The highest BCUT2D eigenvalue weighted by Gasteiger charge is 2.26. The van der Waals surface area contributed by atoms with Crippen LogP contribution < -0.4 is 38.1 Å². The number of hydrogen-bond donors (Lipinski definition) is 7. The van der Waals surface area contributed by atoms with E-state index in [9.17, 15) is 19.2 Å². The number of rotatable bonds is 27. The summed E-state index contributed by atoms with van der Waals surface area (Å²) in [7, 11) is 0. The van der Waals surface area contributed by atoms with Gasteiger partial charge in [0.05, 0.1) is 32.3 Å². The second kappa shape index (κ2) is 26.4. The molecule has 0 radical (unpaired) electrons. The van der Waals surface area contributed by atoms with Gasteiger partial charge >= 0.3 is 0 Å². The zero-order valence-corrected chi connectivity index (χ0v) is 23.6. The van der Waals surface area contributed by atoms with Crippen molar-refractivity contribution in [3.05, 3.63) is 10.4 Å². The lowest BCUT2D eigenvalue weighted by molar-refractivity contribution is -0.134. The molecule has 0 heterocycles. The van der Waals surface area contributed by atoms with Gasteiger partial charge in [-0.3, -0.25) is 19.2 Å². The van der Waals surface area contributed by atoms with Crippen LogP contribution in [0.3, 0.4) is 0 Å². The lowest BCUT2D eigenvalue weighted by Crippen LogP contribution is -2.39. The van der Waals surface area contributed by atoms with Crippen molar-refractivity contribution >= 4 is 23.5 Å². The van der Waals surface area contributed by atoms with E-state index in [-0.39, 0.29) is 69.8 Å². The third-order valence-corrected chi connectivity index (χ3v) is 5.44. The number of nitrogens with two attached hydrogens (primary N) is 2. The average Bonchev–Trinajstić information content (AvgIpc) is 2.93. The minimum Gasteiger partial charge on any atom is -0.379 e. The second-order valence-electron chi connectivity index (χ2n) is 8.94. The highest BCUT2D eigenvalue weighted by molar-refractivity contribution is 5.92. The molecular formula is C24H48N10O6. The number of nitrogens with zero attached hydrogens (tertiary/aromatic N) is 3. The van der Waals surface area contributed by atoms with Gasteiger partial charge in [-0.15, -0.1) is 0 Å². The SMILES string of the molecule is CC(CC(=O)CC(CC(=O)NCCNCCN)C(=O)NCCOCCOCCN=[N+]=[N-])C(=O)NCCNCCN. The molecule has 0 fully saturated rings. The Balaban J connectivity index is 4.67. The van der Waals surface area contributed by atoms with Gasteiger partial charge < -0.3 is 47.5 Å². The van der Waals surface area contributed by atoms with E-state index in [0.717, 1.165) is 0 Å². The number of ether oxygens (including phenoxy) is 2. The van der Waals surface area contributed by atoms with E-state index in [1.807, 2.05) is 0 Å². The smallest absolute Gasteiger partial charge is 0.224 e. The van der Waals surface area contributed by atoms with E-state index in [1.165, 1.54) is 0 Å². The maximum Gasteiger partial charge on any atom is 0.224 e. The first kappa shape index (κ1) is 37.1. The number of carbonyl (C=O) groups excluding carboxylic acids is 4. The molecule has 0 aromatic heterocycles. The number of Topliss-reactive ketones (excluding diaryl/α,β-unsaturated/α-hetero) is 1. The normalized spacial score (nSPS) is 12.2. The summed E-state index contributed by atoms with van der Waals surface area (Å²) < 4.78 is 10.6. The van der Waals surface area contributed by atoms with Gasteiger partial charge in [0.15, 0.2) is 0 Å². The number of carbonyl (C=O) groups is 4. The lowest BCUT2D eigenvalue weighted by Gasteiger charge is -2.18. The third-order valence-electron chi connectivity index (χ3n) is 5.44. The van der Waals surface area contributed by atoms with Crippen LogP contribution in [0.5, 0.6) is 0 Å². The molecule has 3 amide bonds. The Morgan fingerprint density at radius 3 is 1.98 bits per heavy atom. The molecule has 16 nitrogen and oxygen atoms in total. The molecule has 0 aromatic rings. The van der Waals surface area contributed by atoms with E-state index in [4.69, 9.17) is 26.5 Å². The number of hydrogen-bond acceptors (Lipinski definition) is 11. The summed E-state index contributed by atoms with van der Waals surface area (Å²) >= 11 is 0. The third kappa shape index (κ3) is 22.0. The number of nitrogens with one attached hydrogen (secondary N) is 5. The molecule has 0 saturated carbocycles. The van der Waals surface area contributed by atoms with Crippen molar-refractivity contribution in [1.82, 2.24) is 26.6 Å². The summed E-state index contributed by atoms with van der Waals surface area (Å²) in [5.74, 6) is -2.80. The molecule has 0 aromatic carbocycles. The molecule has 0 aliphatic heterocycles. The van der Waals surface area contributed by atoms with Crippen LogP contribution in [0.2, 0.25) is 0 Å². The van der Waals surface area contributed by atoms with Gasteiger partial charge in [-0.05, 0) is 5.53 Å². The first-order valence-electron chi connectivity index (χ1n) is 13.7. The molecule has 0 aliphatic rings. The molecule has 9 N–H and O–H groups in total. The quantitative estimate of drug-likeness (QED) is 0.0241. The number of ketones is 1. The molecule has 0 rings (SSSR count). The first-order valence-corrected chi connectivity index (χ1v) is 13.7. The summed E-state index contributed by atoms with van der Waals surface area (Å²) in [6.07, 6.45) is -0.374. The van der Waals surface area contributed by atoms with Crippen molar-refractivity contribution in [1.29, 1.82) is 0 Å². The van der Waals surface area contributed by atoms with Crippen molar-refractivity contribution < 1.29 is 28.7 Å². The zero-order valence-electron chi connectivity index (χ0n) is 23.6. The summed E-state index contributed by atoms with van der Waals surface area (Å²) in [4.78, 5) is 52.9. The minimum absolute atomic E-state index is 0.0424. The first-order chi connectivity index (χ1) is 19.3. The Kier molecular flexibility index (Phi) is 24.5. The summed E-state index contributed by atoms with van der Waals surface area (Å²) in [6.45, 7) is 7.27. The number of azide groups is 1. The summed E-state index contributed by atoms with van der Waals surface area (Å²) in [5.41, 5.74) is 19.0. The minimum atomic E-state index is -0.885. The van der Waals surface area contributed by atoms with Crippen molar-refractivity contribution in [2.24, 2.45) is 28.4 Å². The predicted octanol–water partition coefficient (Wildman–Crippen LogP) is -2.23. The van der Waals surface area contributed by atoms with Crippen LogP contribution in [0.4, 0.5) is 0 Å². The Labute approximate surface area is 236 Å². The highest BCUT2D eigenvalue weighted by Crippen LogP contribution is 2.14. The maximum atomic E-state index is 12.8. The standard InChI is InChI=1S/C24H48N10O6/c1-19(23(37)31-9-7-29-5-3-26)16-21(35)17-20(18-22(36)30-8-6-28-4-2-25)24(38)32-10-12-39-14-15-40-13-11-33-34-27/h19-20,28-29H,2-18,25-26H2,1H3,(H,30,36)(H,31,37)(H,32,38). The monoisotopic (exact) mass is 572 g/mol. The van der Waals surface area contributed by atoms with Crippen LogP contribution >= 0.6 is 0 Å². The van der Waals surface area contributed by atoms with Gasteiger partial charge in [-0.25, -0.2) is 0 Å². The molecule has 16 heteroatoms. The Hall–Kier alpha value is -2.85. The lowest BCUT2D eigenvalue weighted by atomic mass is 9.92. The predicted molar refractivity (Wildman–Crippen MR) is 150 cm³/mol. The molecule has 0 bridgehead atoms. The van der Waals surface area contributed by atoms with Gasteiger partial charge in [0.2, 0.25) is 17.7 Å². The van der Waals surface area contributed by atoms with Gasteiger partial charge in [0, 0.05) is 95.5 Å².